The zero-order chi connectivity index (χ0) is 26.2. The van der Waals surface area contributed by atoms with Crippen molar-refractivity contribution >= 4 is 34.5 Å². The van der Waals surface area contributed by atoms with Gasteiger partial charge in [0.15, 0.2) is 12.3 Å². The molecular weight excluding hydrogens is 460 g/mol. The Bertz CT molecular complexity index is 1420. The minimum absolute atomic E-state index is 0.0221. The highest BCUT2D eigenvalue weighted by molar-refractivity contribution is 6.05. The third-order valence-electron chi connectivity index (χ3n) is 6.51. The summed E-state index contributed by atoms with van der Waals surface area (Å²) in [6.07, 6.45) is 3.90. The van der Waals surface area contributed by atoms with E-state index in [1.165, 1.54) is 24.3 Å². The van der Waals surface area contributed by atoms with Gasteiger partial charge in [-0.05, 0) is 37.6 Å². The van der Waals surface area contributed by atoms with Crippen molar-refractivity contribution in [2.75, 3.05) is 19.0 Å². The maximum Gasteiger partial charge on any atom is 0.270 e. The number of allylic oxidation sites excluding steroid dienone is 1. The Hall–Kier alpha value is -4.53. The summed E-state index contributed by atoms with van der Waals surface area (Å²) in [5.41, 5.74) is 3.78. The van der Waals surface area contributed by atoms with E-state index in [0.717, 1.165) is 28.2 Å². The normalized spacial score (nSPS) is 14.2. The number of hydrogen-bond acceptors (Lipinski definition) is 6. The molecule has 0 bridgehead atoms. The Morgan fingerprint density at radius 1 is 0.889 bits per heavy atom. The fraction of sp³-hybridized carbons (Fsp3) is 0.222. The summed E-state index contributed by atoms with van der Waals surface area (Å²) in [7, 11) is 3.93. The van der Waals surface area contributed by atoms with Gasteiger partial charge in [0.05, 0.1) is 15.3 Å². The molecule has 0 atom stereocenters. The lowest BCUT2D eigenvalue weighted by atomic mass is 9.81. The first-order chi connectivity index (χ1) is 17.0. The van der Waals surface area contributed by atoms with Crippen molar-refractivity contribution < 1.29 is 19.5 Å². The van der Waals surface area contributed by atoms with Crippen LogP contribution in [0.4, 0.5) is 22.7 Å². The van der Waals surface area contributed by atoms with Gasteiger partial charge in [-0.15, -0.1) is 0 Å². The number of nitro groups is 2. The molecule has 1 aliphatic heterocycles. The molecule has 0 saturated heterocycles. The molecule has 0 aliphatic carbocycles. The van der Waals surface area contributed by atoms with Crippen LogP contribution in [0.2, 0.25) is 0 Å². The third kappa shape index (κ3) is 4.55. The van der Waals surface area contributed by atoms with Crippen LogP contribution in [0.3, 0.4) is 0 Å². The first-order valence-electron chi connectivity index (χ1n) is 11.3. The van der Waals surface area contributed by atoms with E-state index in [0.29, 0.717) is 0 Å². The molecule has 0 aromatic heterocycles. The van der Waals surface area contributed by atoms with Crippen molar-refractivity contribution in [1.82, 2.24) is 0 Å². The molecule has 9 nitrogen and oxygen atoms in total. The predicted molar refractivity (Wildman–Crippen MR) is 137 cm³/mol. The second-order valence-electron chi connectivity index (χ2n) is 9.42. The summed E-state index contributed by atoms with van der Waals surface area (Å²) >= 11 is 0. The van der Waals surface area contributed by atoms with Gasteiger partial charge >= 0.3 is 0 Å². The summed E-state index contributed by atoms with van der Waals surface area (Å²) < 4.78 is 1.91. The van der Waals surface area contributed by atoms with Gasteiger partial charge in [-0.3, -0.25) is 20.2 Å². The Labute approximate surface area is 208 Å². The number of benzene rings is 3. The smallest absolute Gasteiger partial charge is 0.270 e. The van der Waals surface area contributed by atoms with E-state index in [-0.39, 0.29) is 29.2 Å². The van der Waals surface area contributed by atoms with E-state index in [2.05, 4.69) is 0 Å². The van der Waals surface area contributed by atoms with E-state index in [4.69, 9.17) is 0 Å². The highest BCUT2D eigenvalue weighted by atomic mass is 16.6. The molecule has 0 spiro atoms. The Balaban J connectivity index is 1.84. The predicted octanol–water partition coefficient (Wildman–Crippen LogP) is 4.93. The lowest BCUT2D eigenvalue weighted by molar-refractivity contribution is -0.456. The quantitative estimate of drug-likeness (QED) is 0.266. The lowest BCUT2D eigenvalue weighted by Crippen LogP contribution is -2.27. The summed E-state index contributed by atoms with van der Waals surface area (Å²) in [6.45, 7) is 4.03. The summed E-state index contributed by atoms with van der Waals surface area (Å²) in [4.78, 5) is 23.8. The monoisotopic (exact) mass is 486 g/mol. The molecule has 3 aromatic rings. The maximum absolute atomic E-state index is 12.6. The molecule has 4 rings (SSSR count). The van der Waals surface area contributed by atoms with Crippen LogP contribution in [0.5, 0.6) is 5.75 Å². The molecule has 36 heavy (non-hydrogen) atoms. The van der Waals surface area contributed by atoms with Crippen LogP contribution in [-0.4, -0.2) is 34.2 Å². The van der Waals surface area contributed by atoms with Gasteiger partial charge in [0.2, 0.25) is 5.69 Å². The lowest BCUT2D eigenvalue weighted by Gasteiger charge is -2.16. The average Bonchev–Trinajstić information content (AvgIpc) is 3.04. The van der Waals surface area contributed by atoms with Gasteiger partial charge in [0.25, 0.3) is 11.4 Å². The third-order valence-corrected chi connectivity index (χ3v) is 6.51. The van der Waals surface area contributed by atoms with Gasteiger partial charge in [-0.2, -0.15) is 4.58 Å². The van der Waals surface area contributed by atoms with Crippen LogP contribution in [0.1, 0.15) is 30.5 Å². The van der Waals surface area contributed by atoms with Crippen molar-refractivity contribution in [2.45, 2.75) is 25.8 Å². The molecule has 0 saturated carbocycles. The highest BCUT2D eigenvalue weighted by Gasteiger charge is 2.45. The summed E-state index contributed by atoms with van der Waals surface area (Å²) in [5, 5.41) is 35.4. The van der Waals surface area contributed by atoms with E-state index >= 15 is 0 Å². The van der Waals surface area contributed by atoms with Crippen molar-refractivity contribution in [3.63, 3.8) is 0 Å². The van der Waals surface area contributed by atoms with Gasteiger partial charge < -0.3 is 10.0 Å². The van der Waals surface area contributed by atoms with E-state index < -0.39 is 15.3 Å². The second kappa shape index (κ2) is 9.26. The number of anilines is 1. The summed E-state index contributed by atoms with van der Waals surface area (Å²) in [6, 6.07) is 16.3. The van der Waals surface area contributed by atoms with E-state index in [1.807, 2.05) is 73.8 Å². The number of non-ortho nitro benzene ring substituents is 2. The second-order valence-corrected chi connectivity index (χ2v) is 9.42. The molecule has 1 heterocycles. The maximum atomic E-state index is 12.6. The fourth-order valence-electron chi connectivity index (χ4n) is 4.48. The van der Waals surface area contributed by atoms with Crippen molar-refractivity contribution in [3.8, 4) is 5.75 Å². The van der Waals surface area contributed by atoms with Crippen LogP contribution >= 0.6 is 0 Å². The Morgan fingerprint density at radius 3 is 2.11 bits per heavy atom. The minimum atomic E-state index is -0.620. The minimum Gasteiger partial charge on any atom is -0.872 e. The average molecular weight is 487 g/mol. The van der Waals surface area contributed by atoms with Crippen LogP contribution in [-0.2, 0) is 12.0 Å². The molecule has 184 valence electrons. The van der Waals surface area contributed by atoms with Gasteiger partial charge in [-0.1, -0.05) is 23.9 Å². The van der Waals surface area contributed by atoms with E-state index in [9.17, 15) is 25.3 Å². The topological polar surface area (TPSA) is 116 Å². The fourth-order valence-corrected chi connectivity index (χ4v) is 4.48. The first-order valence-corrected chi connectivity index (χ1v) is 11.3. The number of nitro benzene ring substituents is 2. The molecule has 0 N–H and O–H groups in total. The Morgan fingerprint density at radius 2 is 1.50 bits per heavy atom. The molecule has 0 radical (unpaired) electrons. The summed E-state index contributed by atoms with van der Waals surface area (Å²) in [5.74, 6) is -0.309. The van der Waals surface area contributed by atoms with Gasteiger partial charge in [0, 0.05) is 67.3 Å². The van der Waals surface area contributed by atoms with Crippen LogP contribution in [0.25, 0.3) is 6.08 Å². The van der Waals surface area contributed by atoms with E-state index in [1.54, 1.807) is 12.1 Å². The van der Waals surface area contributed by atoms with Crippen LogP contribution in [0.15, 0.2) is 66.7 Å². The molecule has 0 fully saturated rings. The zero-order valence-electron chi connectivity index (χ0n) is 20.5. The van der Waals surface area contributed by atoms with Crippen LogP contribution < -0.4 is 10.0 Å². The molecule has 0 unspecified atom stereocenters. The number of fused-ring (bicyclic) bond motifs is 1. The van der Waals surface area contributed by atoms with Gasteiger partial charge in [-0.25, -0.2) is 0 Å². The SMILES string of the molecule is CN(C)c1ccc(/C=C/C2=[N+](Cc3cc([N+](=O)[O-])ccc3[O-])c3ccc([N+](=O)[O-])cc3C2(C)C)cc1. The zero-order valence-corrected chi connectivity index (χ0v) is 20.5. The number of rotatable bonds is 7. The van der Waals surface area contributed by atoms with Crippen molar-refractivity contribution in [1.29, 1.82) is 0 Å². The molecule has 3 aromatic carbocycles. The standard InChI is InChI=1S/C27H26N4O5/c1-27(2)23-16-22(31(35)36)10-12-24(23)29(17-19-15-21(30(33)34)11-13-25(19)32)26(27)14-7-18-5-8-20(9-6-18)28(3)4/h5-16H,17H2,1-4H3. The Kier molecular flexibility index (Phi) is 6.32. The van der Waals surface area contributed by atoms with Crippen LogP contribution in [0, 0.1) is 20.2 Å². The van der Waals surface area contributed by atoms with Crippen molar-refractivity contribution in [2.24, 2.45) is 0 Å². The highest BCUT2D eigenvalue weighted by Crippen LogP contribution is 2.43. The molecule has 1 aliphatic rings. The molecule has 9 heteroatoms. The largest absolute Gasteiger partial charge is 0.872 e. The van der Waals surface area contributed by atoms with Gasteiger partial charge in [0.1, 0.15) is 0 Å². The first kappa shape index (κ1) is 24.6. The number of hydrogen-bond donors (Lipinski definition) is 0. The number of nitrogens with zero attached hydrogens (tertiary/aromatic N) is 4. The molecular formula is C27H26N4O5. The van der Waals surface area contributed by atoms with Crippen molar-refractivity contribution in [3.05, 3.63) is 104 Å². The molecule has 0 amide bonds.